The van der Waals surface area contributed by atoms with Crippen molar-refractivity contribution in [2.24, 2.45) is 0 Å². The van der Waals surface area contributed by atoms with Gasteiger partial charge < -0.3 is 9.47 Å². The standard InChI is InChI=1S/C46H60F6O2/c47-45(48,49)43(53-37-41-27-19-15-20-28-41)31-23-13-9-5-1-3-7-11-17-25-39-33-35-40(36-34-39)26-18-12-8-4-2-6-10-14-24-32-44(46(50,51)52)54-38-42-29-21-16-22-30-42/h15-22,25-30,33-36,43-44H,1-14,23-24,31-32,37-38H2/b25-17+,26-18+/t43-,44-/m0/s1. The van der Waals surface area contributed by atoms with E-state index in [9.17, 15) is 26.3 Å². The molecule has 2 nitrogen and oxygen atoms in total. The van der Waals surface area contributed by atoms with Crippen molar-refractivity contribution in [3.8, 4) is 0 Å². The molecule has 0 N–H and O–H groups in total. The molecule has 3 aromatic carbocycles. The van der Waals surface area contributed by atoms with Gasteiger partial charge in [-0.3, -0.25) is 0 Å². The zero-order chi connectivity index (χ0) is 38.7. The average molecular weight is 759 g/mol. The third-order valence-electron chi connectivity index (χ3n) is 9.55. The molecule has 0 aliphatic carbocycles. The van der Waals surface area contributed by atoms with E-state index in [1.807, 2.05) is 12.1 Å². The maximum Gasteiger partial charge on any atom is 0.414 e. The zero-order valence-corrected chi connectivity index (χ0v) is 31.8. The summed E-state index contributed by atoms with van der Waals surface area (Å²) in [4.78, 5) is 0. The van der Waals surface area contributed by atoms with Gasteiger partial charge in [-0.05, 0) is 60.8 Å². The minimum absolute atomic E-state index is 0.0122. The number of benzene rings is 3. The molecule has 0 aliphatic heterocycles. The third kappa shape index (κ3) is 20.9. The second-order valence-corrected chi connectivity index (χ2v) is 14.2. The second-order valence-electron chi connectivity index (χ2n) is 14.2. The Labute approximate surface area is 320 Å². The Bertz CT molecular complexity index is 1290. The normalized spacial score (nSPS) is 13.6. The molecule has 0 heterocycles. The first-order valence-electron chi connectivity index (χ1n) is 20.0. The molecule has 0 fully saturated rings. The summed E-state index contributed by atoms with van der Waals surface area (Å²) in [6.07, 6.45) is 12.0. The van der Waals surface area contributed by atoms with Gasteiger partial charge in [-0.15, -0.1) is 0 Å². The molecule has 8 heteroatoms. The van der Waals surface area contributed by atoms with Crippen molar-refractivity contribution >= 4 is 12.2 Å². The summed E-state index contributed by atoms with van der Waals surface area (Å²) < 4.78 is 90.6. The van der Waals surface area contributed by atoms with E-state index in [-0.39, 0.29) is 26.1 Å². The lowest BCUT2D eigenvalue weighted by Crippen LogP contribution is -2.31. The van der Waals surface area contributed by atoms with Gasteiger partial charge in [-0.25, -0.2) is 0 Å². The molecule has 0 saturated carbocycles. The number of hydrogen-bond donors (Lipinski definition) is 0. The summed E-state index contributed by atoms with van der Waals surface area (Å²) in [5.41, 5.74) is 3.85. The molecule has 0 bridgehead atoms. The van der Waals surface area contributed by atoms with Crippen LogP contribution in [0.2, 0.25) is 0 Å². The first-order chi connectivity index (χ1) is 26.1. The zero-order valence-electron chi connectivity index (χ0n) is 31.8. The quantitative estimate of drug-likeness (QED) is 0.0542. The largest absolute Gasteiger partial charge is 0.414 e. The van der Waals surface area contributed by atoms with Crippen LogP contribution in [0.1, 0.15) is 138 Å². The Hall–Kier alpha value is -3.36. The van der Waals surface area contributed by atoms with Crippen molar-refractivity contribution in [2.45, 2.75) is 153 Å². The van der Waals surface area contributed by atoms with E-state index in [0.29, 0.717) is 12.8 Å². The fraction of sp³-hybridized carbons (Fsp3) is 0.522. The van der Waals surface area contributed by atoms with Gasteiger partial charge >= 0.3 is 12.4 Å². The van der Waals surface area contributed by atoms with Gasteiger partial charge in [0.1, 0.15) is 0 Å². The summed E-state index contributed by atoms with van der Waals surface area (Å²) in [5, 5.41) is 0. The van der Waals surface area contributed by atoms with Crippen LogP contribution in [0, 0.1) is 0 Å². The molecule has 0 aromatic heterocycles. The average Bonchev–Trinajstić information content (AvgIpc) is 3.15. The van der Waals surface area contributed by atoms with Crippen molar-refractivity contribution < 1.29 is 35.8 Å². The van der Waals surface area contributed by atoms with Crippen LogP contribution in [0.25, 0.3) is 12.2 Å². The number of rotatable bonds is 28. The molecule has 0 radical (unpaired) electrons. The van der Waals surface area contributed by atoms with Crippen molar-refractivity contribution in [1.82, 2.24) is 0 Å². The van der Waals surface area contributed by atoms with Gasteiger partial charge in [-0.1, -0.05) is 186 Å². The van der Waals surface area contributed by atoms with Crippen LogP contribution < -0.4 is 0 Å². The first kappa shape index (κ1) is 45.0. The van der Waals surface area contributed by atoms with E-state index < -0.39 is 24.6 Å². The molecule has 3 aromatic rings. The van der Waals surface area contributed by atoms with Crippen molar-refractivity contribution in [3.63, 3.8) is 0 Å². The maximum atomic E-state index is 13.4. The predicted octanol–water partition coefficient (Wildman–Crippen LogP) is 15.0. The van der Waals surface area contributed by atoms with Gasteiger partial charge in [-0.2, -0.15) is 26.3 Å². The Morgan fingerprint density at radius 1 is 0.407 bits per heavy atom. The van der Waals surface area contributed by atoms with Gasteiger partial charge in [0.15, 0.2) is 12.2 Å². The number of hydrogen-bond acceptors (Lipinski definition) is 2. The van der Waals surface area contributed by atoms with E-state index in [0.717, 1.165) is 101 Å². The highest BCUT2D eigenvalue weighted by Crippen LogP contribution is 2.29. The minimum atomic E-state index is -4.34. The van der Waals surface area contributed by atoms with Crippen LogP contribution in [0.3, 0.4) is 0 Å². The molecule has 298 valence electrons. The third-order valence-corrected chi connectivity index (χ3v) is 9.55. The summed E-state index contributed by atoms with van der Waals surface area (Å²) in [7, 11) is 0. The number of allylic oxidation sites excluding steroid dienone is 2. The van der Waals surface area contributed by atoms with E-state index in [2.05, 4.69) is 48.6 Å². The summed E-state index contributed by atoms with van der Waals surface area (Å²) >= 11 is 0. The van der Waals surface area contributed by atoms with Gasteiger partial charge in [0.25, 0.3) is 0 Å². The Morgan fingerprint density at radius 2 is 0.722 bits per heavy atom. The highest BCUT2D eigenvalue weighted by molar-refractivity contribution is 5.55. The molecule has 0 amide bonds. The van der Waals surface area contributed by atoms with Crippen LogP contribution in [0.4, 0.5) is 26.3 Å². The van der Waals surface area contributed by atoms with Gasteiger partial charge in [0.05, 0.1) is 13.2 Å². The molecule has 0 unspecified atom stereocenters. The lowest BCUT2D eigenvalue weighted by molar-refractivity contribution is -0.226. The molecular weight excluding hydrogens is 698 g/mol. The monoisotopic (exact) mass is 758 g/mol. The molecule has 54 heavy (non-hydrogen) atoms. The number of alkyl halides is 6. The van der Waals surface area contributed by atoms with Crippen LogP contribution in [-0.4, -0.2) is 24.6 Å². The van der Waals surface area contributed by atoms with Crippen molar-refractivity contribution in [2.75, 3.05) is 0 Å². The summed E-state index contributed by atoms with van der Waals surface area (Å²) in [6, 6.07) is 26.5. The lowest BCUT2D eigenvalue weighted by Gasteiger charge is -2.21. The molecule has 0 spiro atoms. The van der Waals surface area contributed by atoms with Crippen LogP contribution in [0.5, 0.6) is 0 Å². The SMILES string of the molecule is FC(F)(F)[C@H](CCCCCCCCC/C=C/c1ccc(/C=C/CCCCCCCCC[C@H](OCc2ccccc2)C(F)(F)F)cc1)OCc1ccccc1. The first-order valence-corrected chi connectivity index (χ1v) is 20.0. The lowest BCUT2D eigenvalue weighted by atomic mass is 10.0. The number of halogens is 6. The van der Waals surface area contributed by atoms with E-state index in [1.54, 1.807) is 48.5 Å². The van der Waals surface area contributed by atoms with Crippen LogP contribution in [0.15, 0.2) is 97.1 Å². The van der Waals surface area contributed by atoms with E-state index in [4.69, 9.17) is 9.47 Å². The highest BCUT2D eigenvalue weighted by atomic mass is 19.4. The topological polar surface area (TPSA) is 18.5 Å². The predicted molar refractivity (Wildman–Crippen MR) is 210 cm³/mol. The van der Waals surface area contributed by atoms with Crippen molar-refractivity contribution in [3.05, 3.63) is 119 Å². The van der Waals surface area contributed by atoms with E-state index >= 15 is 0 Å². The summed E-state index contributed by atoms with van der Waals surface area (Å²) in [5.74, 6) is 0. The Morgan fingerprint density at radius 3 is 1.06 bits per heavy atom. The Kier molecular flexibility index (Phi) is 22.1. The van der Waals surface area contributed by atoms with Crippen LogP contribution >= 0.6 is 0 Å². The maximum absolute atomic E-state index is 13.4. The fourth-order valence-corrected chi connectivity index (χ4v) is 6.33. The van der Waals surface area contributed by atoms with Gasteiger partial charge in [0, 0.05) is 0 Å². The molecule has 2 atom stereocenters. The second kappa shape index (κ2) is 26.4. The Balaban J connectivity index is 1.13. The van der Waals surface area contributed by atoms with Gasteiger partial charge in [0.2, 0.25) is 0 Å². The van der Waals surface area contributed by atoms with E-state index in [1.165, 1.54) is 11.1 Å². The minimum Gasteiger partial charge on any atom is -0.364 e. The molecule has 3 rings (SSSR count). The molecule has 0 saturated heterocycles. The highest BCUT2D eigenvalue weighted by Gasteiger charge is 2.40. The van der Waals surface area contributed by atoms with Crippen LogP contribution in [-0.2, 0) is 22.7 Å². The molecular formula is C46H60F6O2. The number of unbranched alkanes of at least 4 members (excludes halogenated alkanes) is 14. The molecule has 0 aliphatic rings. The number of ether oxygens (including phenoxy) is 2. The fourth-order valence-electron chi connectivity index (χ4n) is 6.33. The smallest absolute Gasteiger partial charge is 0.364 e. The summed E-state index contributed by atoms with van der Waals surface area (Å²) in [6.45, 7) is -0.0416. The van der Waals surface area contributed by atoms with Crippen molar-refractivity contribution in [1.29, 1.82) is 0 Å².